The van der Waals surface area contributed by atoms with Gasteiger partial charge in [-0.2, -0.15) is 0 Å². The molecule has 5 nitrogen and oxygen atoms in total. The third-order valence-corrected chi connectivity index (χ3v) is 2.11. The highest BCUT2D eigenvalue weighted by Crippen LogP contribution is 2.12. The van der Waals surface area contributed by atoms with Gasteiger partial charge in [0.25, 0.3) is 0 Å². The molecule has 0 aromatic rings. The van der Waals surface area contributed by atoms with Crippen LogP contribution < -0.4 is 0 Å². The Bertz CT molecular complexity index is 214. The van der Waals surface area contributed by atoms with E-state index in [0.717, 1.165) is 6.42 Å². The van der Waals surface area contributed by atoms with Crippen molar-refractivity contribution < 1.29 is 24.5 Å². The highest BCUT2D eigenvalue weighted by atomic mass is 16.6. The van der Waals surface area contributed by atoms with Crippen molar-refractivity contribution in [2.75, 3.05) is 6.61 Å². The molecule has 0 rings (SSSR count). The van der Waals surface area contributed by atoms with Gasteiger partial charge in [0.2, 0.25) is 0 Å². The molecule has 0 bridgehead atoms. The summed E-state index contributed by atoms with van der Waals surface area (Å²) in [5.74, 6) is -2.03. The van der Waals surface area contributed by atoms with Crippen molar-refractivity contribution in [2.24, 2.45) is 5.92 Å². The summed E-state index contributed by atoms with van der Waals surface area (Å²) in [6.45, 7) is 3.02. The van der Waals surface area contributed by atoms with Crippen LogP contribution in [0.15, 0.2) is 0 Å². The zero-order chi connectivity index (χ0) is 11.8. The van der Waals surface area contributed by atoms with Crippen LogP contribution in [0.1, 0.15) is 33.1 Å². The van der Waals surface area contributed by atoms with E-state index in [1.807, 2.05) is 13.8 Å². The fraction of sp³-hybridized carbons (Fsp3) is 0.800. The van der Waals surface area contributed by atoms with E-state index < -0.39 is 24.6 Å². The topological polar surface area (TPSA) is 83.8 Å². The van der Waals surface area contributed by atoms with Gasteiger partial charge in [-0.05, 0) is 12.8 Å². The van der Waals surface area contributed by atoms with Gasteiger partial charge < -0.3 is 14.9 Å². The van der Waals surface area contributed by atoms with Gasteiger partial charge in [0.05, 0.1) is 12.5 Å². The Kier molecular flexibility index (Phi) is 6.90. The van der Waals surface area contributed by atoms with Gasteiger partial charge >= 0.3 is 11.9 Å². The second-order valence-corrected chi connectivity index (χ2v) is 3.33. The molecule has 0 saturated carbocycles. The summed E-state index contributed by atoms with van der Waals surface area (Å²) >= 11 is 0. The van der Waals surface area contributed by atoms with Crippen LogP contribution in [0.25, 0.3) is 0 Å². The van der Waals surface area contributed by atoms with Crippen molar-refractivity contribution in [2.45, 2.75) is 39.2 Å². The Labute approximate surface area is 89.0 Å². The van der Waals surface area contributed by atoms with E-state index in [9.17, 15) is 9.59 Å². The molecule has 0 aliphatic heterocycles. The average Bonchev–Trinajstić information content (AvgIpc) is 2.24. The fourth-order valence-corrected chi connectivity index (χ4v) is 1.16. The van der Waals surface area contributed by atoms with Gasteiger partial charge in [-0.15, -0.1) is 0 Å². The predicted molar refractivity (Wildman–Crippen MR) is 52.9 cm³/mol. The van der Waals surface area contributed by atoms with Gasteiger partial charge in [-0.1, -0.05) is 20.3 Å². The van der Waals surface area contributed by atoms with E-state index in [2.05, 4.69) is 4.74 Å². The monoisotopic (exact) mass is 218 g/mol. The summed E-state index contributed by atoms with van der Waals surface area (Å²) < 4.78 is 4.42. The molecule has 0 aromatic carbocycles. The van der Waals surface area contributed by atoms with E-state index in [4.69, 9.17) is 10.2 Å². The first kappa shape index (κ1) is 14.1. The summed E-state index contributed by atoms with van der Waals surface area (Å²) in [5.41, 5.74) is 0. The lowest BCUT2D eigenvalue weighted by molar-refractivity contribution is -0.169. The number of hydrogen-bond donors (Lipinski definition) is 2. The van der Waals surface area contributed by atoms with Crippen LogP contribution in [-0.2, 0) is 14.3 Å². The fourth-order valence-electron chi connectivity index (χ4n) is 1.16. The molecule has 88 valence electrons. The largest absolute Gasteiger partial charge is 0.393 e. The van der Waals surface area contributed by atoms with Gasteiger partial charge in [0.15, 0.2) is 6.10 Å². The van der Waals surface area contributed by atoms with Crippen molar-refractivity contribution in [1.29, 1.82) is 0 Å². The number of rotatable bonds is 6. The van der Waals surface area contributed by atoms with E-state index in [0.29, 0.717) is 12.8 Å². The Hall–Kier alpha value is -0.940. The smallest absolute Gasteiger partial charge is 0.345 e. The maximum absolute atomic E-state index is 11.4. The lowest BCUT2D eigenvalue weighted by atomic mass is 10.0. The zero-order valence-electron chi connectivity index (χ0n) is 9.10. The zero-order valence-corrected chi connectivity index (χ0v) is 9.10. The molecular weight excluding hydrogens is 200 g/mol. The number of esters is 2. The van der Waals surface area contributed by atoms with E-state index >= 15 is 0 Å². The maximum Gasteiger partial charge on any atom is 0.345 e. The molecule has 2 unspecified atom stereocenters. The third-order valence-electron chi connectivity index (χ3n) is 2.11. The first-order valence-electron chi connectivity index (χ1n) is 5.11. The molecule has 0 saturated heterocycles. The number of ether oxygens (including phenoxy) is 1. The van der Waals surface area contributed by atoms with Crippen LogP contribution >= 0.6 is 0 Å². The van der Waals surface area contributed by atoms with Crippen molar-refractivity contribution in [3.63, 3.8) is 0 Å². The van der Waals surface area contributed by atoms with Crippen LogP contribution in [-0.4, -0.2) is 34.9 Å². The minimum atomic E-state index is -1.63. The van der Waals surface area contributed by atoms with Crippen molar-refractivity contribution in [3.05, 3.63) is 0 Å². The Morgan fingerprint density at radius 3 is 2.27 bits per heavy atom. The Balaban J connectivity index is 4.15. The van der Waals surface area contributed by atoms with Crippen LogP contribution in [0.4, 0.5) is 0 Å². The average molecular weight is 218 g/mol. The third kappa shape index (κ3) is 4.90. The summed E-state index contributed by atoms with van der Waals surface area (Å²) in [7, 11) is 0. The molecule has 0 aliphatic rings. The second-order valence-electron chi connectivity index (χ2n) is 3.33. The molecular formula is C10H18O5. The number of carbonyl (C=O) groups excluding carboxylic acids is 2. The minimum absolute atomic E-state index is 0.315. The second kappa shape index (κ2) is 7.36. The Morgan fingerprint density at radius 2 is 1.87 bits per heavy atom. The Morgan fingerprint density at radius 1 is 1.27 bits per heavy atom. The number of carbonyl (C=O) groups is 2. The first-order valence-corrected chi connectivity index (χ1v) is 5.11. The molecule has 0 aliphatic carbocycles. The number of hydrogen-bond acceptors (Lipinski definition) is 5. The molecule has 5 heteroatoms. The highest BCUT2D eigenvalue weighted by Gasteiger charge is 2.24. The molecule has 15 heavy (non-hydrogen) atoms. The molecule has 0 radical (unpaired) electrons. The minimum Gasteiger partial charge on any atom is -0.393 e. The molecule has 0 amide bonds. The lowest BCUT2D eigenvalue weighted by Gasteiger charge is -2.13. The standard InChI is InChI=1S/C10H18O5/c1-3-5-7(4-2)9(13)15-10(14)8(12)6-11/h7-8,11-12H,3-6H2,1-2H3. The molecule has 2 atom stereocenters. The molecule has 2 N–H and O–H groups in total. The van der Waals surface area contributed by atoms with Gasteiger partial charge in [-0.25, -0.2) is 4.79 Å². The van der Waals surface area contributed by atoms with Crippen LogP contribution in [0.2, 0.25) is 0 Å². The lowest BCUT2D eigenvalue weighted by Crippen LogP contribution is -2.31. The molecule has 0 spiro atoms. The maximum atomic E-state index is 11.4. The molecule has 0 heterocycles. The van der Waals surface area contributed by atoms with Crippen LogP contribution in [0.5, 0.6) is 0 Å². The van der Waals surface area contributed by atoms with E-state index in [1.54, 1.807) is 0 Å². The quantitative estimate of drug-likeness (QED) is 0.492. The summed E-state index contributed by atoms with van der Waals surface area (Å²) in [6.07, 6.45) is 0.435. The number of aliphatic hydroxyl groups excluding tert-OH is 2. The number of aliphatic hydroxyl groups is 2. The van der Waals surface area contributed by atoms with Gasteiger partial charge in [0, 0.05) is 0 Å². The summed E-state index contributed by atoms with van der Waals surface area (Å²) in [4.78, 5) is 22.3. The van der Waals surface area contributed by atoms with E-state index in [1.165, 1.54) is 0 Å². The van der Waals surface area contributed by atoms with Gasteiger partial charge in [0.1, 0.15) is 0 Å². The van der Waals surface area contributed by atoms with Crippen LogP contribution in [0, 0.1) is 5.92 Å². The highest BCUT2D eigenvalue weighted by molar-refractivity contribution is 5.88. The van der Waals surface area contributed by atoms with Gasteiger partial charge in [-0.3, -0.25) is 4.79 Å². The summed E-state index contributed by atoms with van der Waals surface area (Å²) in [5, 5.41) is 17.3. The molecule has 0 aromatic heterocycles. The predicted octanol–water partition coefficient (Wildman–Crippen LogP) is 0.236. The summed E-state index contributed by atoms with van der Waals surface area (Å²) in [6, 6.07) is 0. The van der Waals surface area contributed by atoms with Crippen molar-refractivity contribution in [1.82, 2.24) is 0 Å². The van der Waals surface area contributed by atoms with Crippen molar-refractivity contribution >= 4 is 11.9 Å². The normalized spacial score (nSPS) is 14.4. The van der Waals surface area contributed by atoms with E-state index in [-0.39, 0.29) is 5.92 Å². The molecule has 0 fully saturated rings. The first-order chi connectivity index (χ1) is 7.06. The van der Waals surface area contributed by atoms with Crippen LogP contribution in [0.3, 0.4) is 0 Å². The SMILES string of the molecule is CCCC(CC)C(=O)OC(=O)C(O)CO. The van der Waals surface area contributed by atoms with Crippen molar-refractivity contribution in [3.8, 4) is 0 Å².